The number of rotatable bonds is 8. The molecular formula is C25H24ClN3O4S3. The van der Waals surface area contributed by atoms with E-state index in [0.29, 0.717) is 31.9 Å². The third-order valence-electron chi connectivity index (χ3n) is 5.26. The Bertz CT molecular complexity index is 1460. The summed E-state index contributed by atoms with van der Waals surface area (Å²) in [5, 5.41) is 8.79. The van der Waals surface area contributed by atoms with Gasteiger partial charge >= 0.3 is 0 Å². The van der Waals surface area contributed by atoms with Crippen molar-refractivity contribution in [2.24, 2.45) is 5.41 Å². The van der Waals surface area contributed by atoms with Crippen molar-refractivity contribution in [3.8, 4) is 17.0 Å². The van der Waals surface area contributed by atoms with Gasteiger partial charge in [-0.1, -0.05) is 32.4 Å². The van der Waals surface area contributed by atoms with Gasteiger partial charge in [-0.3, -0.25) is 14.4 Å². The Morgan fingerprint density at radius 2 is 1.97 bits per heavy atom. The van der Waals surface area contributed by atoms with E-state index in [1.54, 1.807) is 29.8 Å². The van der Waals surface area contributed by atoms with E-state index in [-0.39, 0.29) is 24.0 Å². The fraction of sp³-hybridized carbons (Fsp3) is 0.280. The lowest BCUT2D eigenvalue weighted by Crippen LogP contribution is -2.28. The van der Waals surface area contributed by atoms with Crippen LogP contribution in [0.5, 0.6) is 5.75 Å². The molecule has 0 saturated carbocycles. The number of carbonyl (C=O) groups excluding carboxylic acids is 2. The molecule has 0 bridgehead atoms. The summed E-state index contributed by atoms with van der Waals surface area (Å²) in [6.45, 7) is 5.39. The second-order valence-corrected chi connectivity index (χ2v) is 12.5. The second kappa shape index (κ2) is 10.8. The molecule has 4 aromatic rings. The minimum atomic E-state index is -0.666. The van der Waals surface area contributed by atoms with E-state index in [1.807, 2.05) is 38.3 Å². The number of pyridine rings is 1. The van der Waals surface area contributed by atoms with Gasteiger partial charge in [-0.2, -0.15) is 21.1 Å². The van der Waals surface area contributed by atoms with Crippen molar-refractivity contribution >= 4 is 57.7 Å². The second-order valence-electron chi connectivity index (χ2n) is 8.96. The van der Waals surface area contributed by atoms with Crippen LogP contribution in [0.1, 0.15) is 40.8 Å². The van der Waals surface area contributed by atoms with E-state index in [4.69, 9.17) is 16.3 Å². The molecule has 11 heteroatoms. The Hall–Kier alpha value is -2.66. The number of aromatic nitrogens is 3. The molecule has 0 aliphatic rings. The first-order chi connectivity index (χ1) is 17.1. The summed E-state index contributed by atoms with van der Waals surface area (Å²) in [6, 6.07) is 8.98. The highest BCUT2D eigenvalue weighted by Gasteiger charge is 2.28. The van der Waals surface area contributed by atoms with Crippen LogP contribution in [-0.2, 0) is 12.3 Å². The summed E-state index contributed by atoms with van der Waals surface area (Å²) >= 11 is 10.4. The number of nitrogens with zero attached hydrogens (tertiary/aromatic N) is 3. The molecule has 0 spiro atoms. The molecule has 4 heterocycles. The van der Waals surface area contributed by atoms with Gasteiger partial charge in [-0.05, 0) is 35.7 Å². The van der Waals surface area contributed by atoms with E-state index in [1.165, 1.54) is 50.8 Å². The molecule has 0 fully saturated rings. The lowest BCUT2D eigenvalue weighted by atomic mass is 9.96. The highest BCUT2D eigenvalue weighted by molar-refractivity contribution is 7.98. The predicted molar refractivity (Wildman–Crippen MR) is 146 cm³/mol. The molecule has 0 unspecified atom stereocenters. The van der Waals surface area contributed by atoms with E-state index < -0.39 is 11.0 Å². The number of thiophene rings is 2. The van der Waals surface area contributed by atoms with Crippen molar-refractivity contribution in [3.05, 3.63) is 72.4 Å². The number of Topliss-reactive ketones (excluding diaryl/α,β-unsaturated/α-hetero) is 1. The number of methoxy groups -OCH3 is 1. The molecule has 0 amide bonds. The van der Waals surface area contributed by atoms with Gasteiger partial charge in [0.05, 0.1) is 29.2 Å². The average Bonchev–Trinajstić information content (AvgIpc) is 3.59. The summed E-state index contributed by atoms with van der Waals surface area (Å²) in [4.78, 5) is 40.0. The first kappa shape index (κ1) is 26.4. The molecule has 7 nitrogen and oxygen atoms in total. The van der Waals surface area contributed by atoms with Crippen LogP contribution in [-0.4, -0.2) is 33.1 Å². The number of thioether (sulfide) groups is 1. The van der Waals surface area contributed by atoms with Crippen molar-refractivity contribution in [1.82, 2.24) is 14.3 Å². The molecule has 0 radical (unpaired) electrons. The minimum absolute atomic E-state index is 0.0602. The maximum absolute atomic E-state index is 13.2. The van der Waals surface area contributed by atoms with Gasteiger partial charge < -0.3 is 9.30 Å². The van der Waals surface area contributed by atoms with Crippen LogP contribution < -0.4 is 10.3 Å². The Morgan fingerprint density at radius 3 is 2.58 bits per heavy atom. The van der Waals surface area contributed by atoms with Crippen LogP contribution >= 0.6 is 46.0 Å². The maximum Gasteiger partial charge on any atom is 0.293 e. The Labute approximate surface area is 225 Å². The van der Waals surface area contributed by atoms with Crippen molar-refractivity contribution in [3.63, 3.8) is 0 Å². The quantitative estimate of drug-likeness (QED) is 0.184. The van der Waals surface area contributed by atoms with E-state index in [0.717, 1.165) is 4.88 Å². The summed E-state index contributed by atoms with van der Waals surface area (Å²) in [7, 11) is 1.40. The predicted octanol–water partition coefficient (Wildman–Crippen LogP) is 6.36. The third-order valence-corrected chi connectivity index (χ3v) is 8.40. The van der Waals surface area contributed by atoms with Gasteiger partial charge in [-0.15, -0.1) is 23.1 Å². The number of ether oxygens (including phenoxy) is 1. The Kier molecular flexibility index (Phi) is 7.89. The van der Waals surface area contributed by atoms with Crippen molar-refractivity contribution < 1.29 is 14.3 Å². The molecule has 0 N–H and O–H groups in total. The molecular weight excluding hydrogens is 538 g/mol. The molecule has 4 aromatic heterocycles. The smallest absolute Gasteiger partial charge is 0.293 e. The van der Waals surface area contributed by atoms with Crippen LogP contribution in [0.4, 0.5) is 0 Å². The van der Waals surface area contributed by atoms with Crippen LogP contribution in [0.25, 0.3) is 11.3 Å². The lowest BCUT2D eigenvalue weighted by Gasteiger charge is -2.17. The van der Waals surface area contributed by atoms with Crippen LogP contribution in [0.3, 0.4) is 0 Å². The van der Waals surface area contributed by atoms with Crippen LogP contribution in [0, 0.1) is 5.41 Å². The molecule has 0 aromatic carbocycles. The highest BCUT2D eigenvalue weighted by atomic mass is 35.5. The fourth-order valence-electron chi connectivity index (χ4n) is 3.38. The average molecular weight is 562 g/mol. The van der Waals surface area contributed by atoms with Crippen LogP contribution in [0.15, 0.2) is 57.1 Å². The fourth-order valence-corrected chi connectivity index (χ4v) is 6.17. The van der Waals surface area contributed by atoms with Gasteiger partial charge in [0.25, 0.3) is 11.5 Å². The largest absolute Gasteiger partial charge is 0.491 e. The normalized spacial score (nSPS) is 11.6. The molecule has 0 saturated heterocycles. The summed E-state index contributed by atoms with van der Waals surface area (Å²) in [6.07, 6.45) is 1.55. The third kappa shape index (κ3) is 5.67. The number of halogens is 1. The first-order valence-corrected chi connectivity index (χ1v) is 14.1. The lowest BCUT2D eigenvalue weighted by molar-refractivity contribution is 0.0736. The number of hydrogen-bond donors (Lipinski definition) is 0. The van der Waals surface area contributed by atoms with Gasteiger partial charge in [0.1, 0.15) is 5.03 Å². The molecule has 0 aliphatic carbocycles. The van der Waals surface area contributed by atoms with E-state index in [9.17, 15) is 14.4 Å². The number of hydrogen-bond acceptors (Lipinski definition) is 8. The zero-order chi connectivity index (χ0) is 26.0. The summed E-state index contributed by atoms with van der Waals surface area (Å²) in [5.74, 6) is 0.336. The van der Waals surface area contributed by atoms with E-state index in [2.05, 4.69) is 5.10 Å². The Balaban J connectivity index is 1.70. The molecule has 0 aliphatic heterocycles. The SMILES string of the molecule is COc1c(-c2cc(SCc3ccc(Cl)s3)n(C(=O)C(C)(C)C)n2)ccn(CC(=O)c2ccsc2)c1=O. The standard InChI is InChI=1S/C25H24ClN3O4S3/c1-25(2,3)24(32)29-21(35-14-16-5-6-20(26)36-16)11-18(27-29)17-7-9-28(23(31)22(17)33-4)12-19(30)15-8-10-34-13-15/h5-11,13H,12,14H2,1-4H3. The monoisotopic (exact) mass is 561 g/mol. The topological polar surface area (TPSA) is 83.2 Å². The van der Waals surface area contributed by atoms with Gasteiger partial charge in [0.2, 0.25) is 0 Å². The molecule has 188 valence electrons. The van der Waals surface area contributed by atoms with E-state index >= 15 is 0 Å². The van der Waals surface area contributed by atoms with Gasteiger partial charge in [0, 0.05) is 33.2 Å². The molecule has 0 atom stereocenters. The van der Waals surface area contributed by atoms with Crippen LogP contribution in [0.2, 0.25) is 4.34 Å². The van der Waals surface area contributed by atoms with Gasteiger partial charge in [-0.25, -0.2) is 0 Å². The zero-order valence-electron chi connectivity index (χ0n) is 20.1. The maximum atomic E-state index is 13.2. The molecule has 36 heavy (non-hydrogen) atoms. The van der Waals surface area contributed by atoms with Crippen molar-refractivity contribution in [1.29, 1.82) is 0 Å². The molecule has 4 rings (SSSR count). The zero-order valence-corrected chi connectivity index (χ0v) is 23.3. The minimum Gasteiger partial charge on any atom is -0.491 e. The summed E-state index contributed by atoms with van der Waals surface area (Å²) < 4.78 is 8.86. The van der Waals surface area contributed by atoms with Crippen molar-refractivity contribution in [2.75, 3.05) is 7.11 Å². The van der Waals surface area contributed by atoms with Gasteiger partial charge in [0.15, 0.2) is 11.5 Å². The number of ketones is 1. The first-order valence-electron chi connectivity index (χ1n) is 10.9. The summed E-state index contributed by atoms with van der Waals surface area (Å²) in [5.41, 5.74) is 0.328. The van der Waals surface area contributed by atoms with Crippen molar-refractivity contribution in [2.45, 2.75) is 38.1 Å². The number of carbonyl (C=O) groups is 2. The Morgan fingerprint density at radius 1 is 1.19 bits per heavy atom. The highest BCUT2D eigenvalue weighted by Crippen LogP contribution is 2.34.